The first-order valence-corrected chi connectivity index (χ1v) is 10.4. The number of carbonyl (C=O) groups excluding carboxylic acids is 2. The summed E-state index contributed by atoms with van der Waals surface area (Å²) in [6.07, 6.45) is 3.44. The number of benzene rings is 1. The lowest BCUT2D eigenvalue weighted by atomic mass is 10.1. The molecule has 0 atom stereocenters. The molecule has 0 unspecified atom stereocenters. The predicted molar refractivity (Wildman–Crippen MR) is 118 cm³/mol. The number of hydrogen-bond acceptors (Lipinski definition) is 7. The second-order valence-corrected chi connectivity index (χ2v) is 8.26. The van der Waals surface area contributed by atoms with Gasteiger partial charge in [0.1, 0.15) is 10.6 Å². The number of nitrogens with two attached hydrogens (primary N) is 2. The zero-order valence-corrected chi connectivity index (χ0v) is 17.7. The maximum atomic E-state index is 12.9. The van der Waals surface area contributed by atoms with Crippen molar-refractivity contribution >= 4 is 44.6 Å². The second kappa shape index (κ2) is 7.83. The molecule has 4 N–H and O–H groups in total. The number of rotatable bonds is 4. The fraction of sp³-hybridized carbons (Fsp3) is 0.286. The van der Waals surface area contributed by atoms with Crippen molar-refractivity contribution in [2.75, 3.05) is 43.9 Å². The number of aromatic nitrogens is 1. The first-order chi connectivity index (χ1) is 14.4. The molecular formula is C21H23N5O3S. The summed E-state index contributed by atoms with van der Waals surface area (Å²) < 4.78 is 6.16. The molecule has 0 bridgehead atoms. The molecule has 8 nitrogen and oxygen atoms in total. The molecule has 3 aromatic rings. The lowest BCUT2D eigenvalue weighted by molar-refractivity contribution is 0.0746. The van der Waals surface area contributed by atoms with E-state index in [1.54, 1.807) is 25.6 Å². The largest absolute Gasteiger partial charge is 0.496 e. The number of pyridine rings is 1. The molecule has 1 aliphatic heterocycles. The number of primary amides is 1. The van der Waals surface area contributed by atoms with Crippen molar-refractivity contribution in [2.24, 2.45) is 5.73 Å². The quantitative estimate of drug-likeness (QED) is 0.663. The molecule has 4 rings (SSSR count). The van der Waals surface area contributed by atoms with Crippen molar-refractivity contribution in [3.05, 3.63) is 46.6 Å². The van der Waals surface area contributed by atoms with Crippen molar-refractivity contribution in [3.8, 4) is 5.75 Å². The minimum atomic E-state index is -0.538. The van der Waals surface area contributed by atoms with Gasteiger partial charge in [-0.2, -0.15) is 0 Å². The van der Waals surface area contributed by atoms with Crippen LogP contribution in [0.3, 0.4) is 0 Å². The molecule has 1 fully saturated rings. The number of nitrogen functional groups attached to an aromatic ring is 1. The van der Waals surface area contributed by atoms with E-state index in [1.807, 2.05) is 24.0 Å². The number of aryl methyl sites for hydroxylation is 1. The fourth-order valence-electron chi connectivity index (χ4n) is 3.77. The normalized spacial score (nSPS) is 14.2. The molecule has 1 saturated heterocycles. The molecule has 156 valence electrons. The molecule has 0 saturated carbocycles. The summed E-state index contributed by atoms with van der Waals surface area (Å²) in [7, 11) is 1.60. The minimum Gasteiger partial charge on any atom is -0.496 e. The van der Waals surface area contributed by atoms with Crippen molar-refractivity contribution in [2.45, 2.75) is 6.92 Å². The molecule has 0 radical (unpaired) electrons. The van der Waals surface area contributed by atoms with Gasteiger partial charge in [0.2, 0.25) is 0 Å². The van der Waals surface area contributed by atoms with E-state index >= 15 is 0 Å². The molecule has 30 heavy (non-hydrogen) atoms. The Bertz CT molecular complexity index is 1140. The number of methoxy groups -OCH3 is 1. The van der Waals surface area contributed by atoms with Crippen LogP contribution in [0.25, 0.3) is 10.1 Å². The molecule has 0 spiro atoms. The van der Waals surface area contributed by atoms with Gasteiger partial charge in [-0.25, -0.2) is 0 Å². The van der Waals surface area contributed by atoms with Crippen LogP contribution in [0.1, 0.15) is 25.6 Å². The van der Waals surface area contributed by atoms with E-state index in [1.165, 1.54) is 11.3 Å². The predicted octanol–water partition coefficient (Wildman–Crippen LogP) is 2.26. The number of hydrogen-bond donors (Lipinski definition) is 2. The average molecular weight is 426 g/mol. The van der Waals surface area contributed by atoms with Gasteiger partial charge in [-0.15, -0.1) is 11.3 Å². The van der Waals surface area contributed by atoms with E-state index in [4.69, 9.17) is 16.2 Å². The van der Waals surface area contributed by atoms with Crippen LogP contribution in [-0.4, -0.2) is 55.0 Å². The smallest absolute Gasteiger partial charge is 0.260 e. The van der Waals surface area contributed by atoms with Crippen LogP contribution in [0, 0.1) is 6.92 Å². The topological polar surface area (TPSA) is 115 Å². The van der Waals surface area contributed by atoms with E-state index in [9.17, 15) is 9.59 Å². The van der Waals surface area contributed by atoms with E-state index in [0.717, 1.165) is 21.3 Å². The number of fused-ring (bicyclic) bond motifs is 1. The molecule has 3 heterocycles. The zero-order valence-electron chi connectivity index (χ0n) is 16.8. The Morgan fingerprint density at radius 1 is 1.17 bits per heavy atom. The summed E-state index contributed by atoms with van der Waals surface area (Å²) in [6, 6.07) is 5.51. The molecule has 2 aromatic heterocycles. The molecule has 9 heteroatoms. The first kappa shape index (κ1) is 20.0. The summed E-state index contributed by atoms with van der Waals surface area (Å²) in [4.78, 5) is 33.2. The zero-order chi connectivity index (χ0) is 21.4. The van der Waals surface area contributed by atoms with Crippen molar-refractivity contribution in [1.29, 1.82) is 0 Å². The third-order valence-electron chi connectivity index (χ3n) is 5.40. The van der Waals surface area contributed by atoms with E-state index < -0.39 is 5.91 Å². The van der Waals surface area contributed by atoms with Gasteiger partial charge in [0.25, 0.3) is 11.8 Å². The molecular weight excluding hydrogens is 402 g/mol. The number of amides is 2. The number of thiophene rings is 1. The highest BCUT2D eigenvalue weighted by molar-refractivity contribution is 7.21. The Balaban J connectivity index is 1.54. The fourth-order valence-corrected chi connectivity index (χ4v) is 4.73. The maximum Gasteiger partial charge on any atom is 0.260 e. The maximum absolute atomic E-state index is 12.9. The number of piperazine rings is 1. The van der Waals surface area contributed by atoms with Crippen LogP contribution in [0.2, 0.25) is 0 Å². The van der Waals surface area contributed by atoms with Crippen LogP contribution >= 0.6 is 11.3 Å². The lowest BCUT2D eigenvalue weighted by Crippen LogP contribution is -2.48. The van der Waals surface area contributed by atoms with Crippen LogP contribution in [-0.2, 0) is 0 Å². The van der Waals surface area contributed by atoms with Gasteiger partial charge in [0.05, 0.1) is 29.4 Å². The van der Waals surface area contributed by atoms with Crippen LogP contribution in [0.5, 0.6) is 5.75 Å². The van der Waals surface area contributed by atoms with Gasteiger partial charge < -0.3 is 26.0 Å². The first-order valence-electron chi connectivity index (χ1n) is 9.55. The average Bonchev–Trinajstić information content (AvgIpc) is 3.11. The molecule has 1 aliphatic rings. The highest BCUT2D eigenvalue weighted by Gasteiger charge is 2.26. The third-order valence-corrected chi connectivity index (χ3v) is 6.56. The number of nitrogens with zero attached hydrogens (tertiary/aromatic N) is 3. The monoisotopic (exact) mass is 425 g/mol. The standard InChI is InChI=1S/C21H23N5O3S/c1-12-3-4-13(9-15(12)29-2)21(28)26-7-5-25(6-8-26)14-10-24-11-16-17(14)18(22)19(30-16)20(23)27/h3-4,9-11H,5-8,22H2,1-2H3,(H2,23,27). The van der Waals surface area contributed by atoms with Crippen LogP contribution < -0.4 is 21.1 Å². The highest BCUT2D eigenvalue weighted by Crippen LogP contribution is 2.39. The van der Waals surface area contributed by atoms with E-state index in [-0.39, 0.29) is 5.91 Å². The van der Waals surface area contributed by atoms with Gasteiger partial charge >= 0.3 is 0 Å². The van der Waals surface area contributed by atoms with E-state index in [2.05, 4.69) is 9.88 Å². The summed E-state index contributed by atoms with van der Waals surface area (Å²) in [5, 5.41) is 0.798. The van der Waals surface area contributed by atoms with Crippen LogP contribution in [0.4, 0.5) is 11.4 Å². The minimum absolute atomic E-state index is 0.0182. The Hall–Kier alpha value is -3.33. The SMILES string of the molecule is COc1cc(C(=O)N2CCN(c3cncc4sc(C(N)=O)c(N)c34)CC2)ccc1C. The summed E-state index contributed by atoms with van der Waals surface area (Å²) >= 11 is 1.25. The third kappa shape index (κ3) is 3.41. The Labute approximate surface area is 178 Å². The van der Waals surface area contributed by atoms with Crippen molar-refractivity contribution in [3.63, 3.8) is 0 Å². The van der Waals surface area contributed by atoms with Crippen LogP contribution in [0.15, 0.2) is 30.6 Å². The number of carbonyl (C=O) groups is 2. The Morgan fingerprint density at radius 3 is 2.57 bits per heavy atom. The van der Waals surface area contributed by atoms with Gasteiger partial charge in [-0.3, -0.25) is 14.6 Å². The Morgan fingerprint density at radius 2 is 1.90 bits per heavy atom. The molecule has 2 amide bonds. The van der Waals surface area contributed by atoms with Crippen molar-refractivity contribution in [1.82, 2.24) is 9.88 Å². The van der Waals surface area contributed by atoms with Gasteiger partial charge in [-0.1, -0.05) is 6.07 Å². The highest BCUT2D eigenvalue weighted by atomic mass is 32.1. The van der Waals surface area contributed by atoms with Gasteiger partial charge in [0, 0.05) is 43.3 Å². The summed E-state index contributed by atoms with van der Waals surface area (Å²) in [5.41, 5.74) is 14.5. The number of ether oxygens (including phenoxy) is 1. The molecule has 0 aliphatic carbocycles. The van der Waals surface area contributed by atoms with Gasteiger partial charge in [-0.05, 0) is 24.6 Å². The lowest BCUT2D eigenvalue weighted by Gasteiger charge is -2.36. The van der Waals surface area contributed by atoms with E-state index in [0.29, 0.717) is 48.1 Å². The second-order valence-electron chi connectivity index (χ2n) is 7.20. The summed E-state index contributed by atoms with van der Waals surface area (Å²) in [5.74, 6) is 0.148. The van der Waals surface area contributed by atoms with Gasteiger partial charge in [0.15, 0.2) is 0 Å². The summed E-state index contributed by atoms with van der Waals surface area (Å²) in [6.45, 7) is 4.35. The molecule has 1 aromatic carbocycles. The Kier molecular flexibility index (Phi) is 5.21. The van der Waals surface area contributed by atoms with Crippen molar-refractivity contribution < 1.29 is 14.3 Å². The number of anilines is 2.